The second-order valence-electron chi connectivity index (χ2n) is 8.17. The van der Waals surface area contributed by atoms with Crippen LogP contribution in [0.5, 0.6) is 0 Å². The zero-order valence-electron chi connectivity index (χ0n) is 15.7. The molecule has 0 aromatic carbocycles. The first-order valence-corrected chi connectivity index (χ1v) is 11.0. The molecule has 1 N–H and O–H groups in total. The molecule has 8 heteroatoms. The Kier molecular flexibility index (Phi) is 5.47. The highest BCUT2D eigenvalue weighted by Gasteiger charge is 2.52. The normalized spacial score (nSPS) is 30.3. The van der Waals surface area contributed by atoms with Crippen molar-refractivity contribution in [3.63, 3.8) is 0 Å². The van der Waals surface area contributed by atoms with Crippen LogP contribution in [0.2, 0.25) is 4.34 Å². The number of nitrogens with one attached hydrogen (secondary N) is 1. The smallest absolute Gasteiger partial charge is 0.323 e. The molecule has 0 radical (unpaired) electrons. The number of hydrogen-bond donors (Lipinski definition) is 1. The number of urea groups is 1. The van der Waals surface area contributed by atoms with Gasteiger partial charge in [0.2, 0.25) is 0 Å². The molecule has 0 unspecified atom stereocenters. The molecular weight excluding hydrogens is 384 g/mol. The quantitative estimate of drug-likeness (QED) is 0.775. The fourth-order valence-corrected chi connectivity index (χ4v) is 5.47. The summed E-state index contributed by atoms with van der Waals surface area (Å²) in [4.78, 5) is 32.8. The molecule has 2 aliphatic heterocycles. The maximum absolute atomic E-state index is 13.0. The molecule has 148 valence electrons. The van der Waals surface area contributed by atoms with Gasteiger partial charge in [0.25, 0.3) is 5.91 Å². The Balaban J connectivity index is 1.30. The van der Waals surface area contributed by atoms with Crippen molar-refractivity contribution < 1.29 is 9.59 Å². The van der Waals surface area contributed by atoms with Crippen LogP contribution >= 0.6 is 22.9 Å². The van der Waals surface area contributed by atoms with Gasteiger partial charge in [0.05, 0.1) is 11.0 Å². The van der Waals surface area contributed by atoms with Crippen molar-refractivity contribution in [2.75, 3.05) is 32.8 Å². The van der Waals surface area contributed by atoms with Gasteiger partial charge < -0.3 is 5.32 Å². The lowest BCUT2D eigenvalue weighted by Crippen LogP contribution is -2.52. The third-order valence-electron chi connectivity index (χ3n) is 6.19. The number of nitrogens with zero attached hydrogens (tertiary/aromatic N) is 3. The highest BCUT2D eigenvalue weighted by molar-refractivity contribution is 7.16. The van der Waals surface area contributed by atoms with Crippen LogP contribution in [-0.2, 0) is 11.3 Å². The summed E-state index contributed by atoms with van der Waals surface area (Å²) in [5.41, 5.74) is -0.635. The van der Waals surface area contributed by atoms with Gasteiger partial charge in [-0.2, -0.15) is 0 Å². The van der Waals surface area contributed by atoms with Gasteiger partial charge >= 0.3 is 6.03 Å². The molecule has 0 atom stereocenters. The fraction of sp³-hybridized carbons (Fsp3) is 0.684. The zero-order valence-corrected chi connectivity index (χ0v) is 17.3. The summed E-state index contributed by atoms with van der Waals surface area (Å²) in [5.74, 6) is 0.621. The first kappa shape index (κ1) is 19.2. The van der Waals surface area contributed by atoms with Crippen molar-refractivity contribution in [2.24, 2.45) is 5.92 Å². The molecule has 3 heterocycles. The van der Waals surface area contributed by atoms with E-state index in [-0.39, 0.29) is 11.9 Å². The monoisotopic (exact) mass is 410 g/mol. The van der Waals surface area contributed by atoms with E-state index in [0.29, 0.717) is 12.6 Å². The van der Waals surface area contributed by atoms with Gasteiger partial charge in [-0.25, -0.2) is 9.69 Å². The number of carbonyl (C=O) groups is 2. The maximum atomic E-state index is 13.0. The fourth-order valence-electron chi connectivity index (χ4n) is 4.34. The highest BCUT2D eigenvalue weighted by Crippen LogP contribution is 2.36. The predicted molar refractivity (Wildman–Crippen MR) is 107 cm³/mol. The molecule has 6 nitrogen and oxygen atoms in total. The van der Waals surface area contributed by atoms with Crippen molar-refractivity contribution in [3.8, 4) is 0 Å². The van der Waals surface area contributed by atoms with Crippen LogP contribution in [0, 0.1) is 5.92 Å². The minimum Gasteiger partial charge on any atom is -0.323 e. The number of hydrogen-bond acceptors (Lipinski definition) is 5. The van der Waals surface area contributed by atoms with E-state index in [0.717, 1.165) is 62.7 Å². The molecule has 1 aromatic heterocycles. The van der Waals surface area contributed by atoms with Crippen LogP contribution in [0.15, 0.2) is 12.1 Å². The predicted octanol–water partition coefficient (Wildman–Crippen LogP) is 2.98. The van der Waals surface area contributed by atoms with Gasteiger partial charge in [0.1, 0.15) is 5.54 Å². The third kappa shape index (κ3) is 4.01. The summed E-state index contributed by atoms with van der Waals surface area (Å²) in [7, 11) is 0. The molecule has 27 heavy (non-hydrogen) atoms. The van der Waals surface area contributed by atoms with Gasteiger partial charge in [-0.1, -0.05) is 18.5 Å². The van der Waals surface area contributed by atoms with Gasteiger partial charge in [-0.05, 0) is 43.7 Å². The number of carbonyl (C=O) groups excluding carboxylic acids is 2. The van der Waals surface area contributed by atoms with E-state index >= 15 is 0 Å². The first-order chi connectivity index (χ1) is 12.9. The average Bonchev–Trinajstić information content (AvgIpc) is 3.16. The largest absolute Gasteiger partial charge is 0.326 e. The summed E-state index contributed by atoms with van der Waals surface area (Å²) in [6.07, 6.45) is 3.55. The van der Waals surface area contributed by atoms with E-state index in [1.165, 1.54) is 9.78 Å². The van der Waals surface area contributed by atoms with E-state index in [4.69, 9.17) is 11.6 Å². The van der Waals surface area contributed by atoms with Gasteiger partial charge in [0, 0.05) is 37.6 Å². The molecule has 3 fully saturated rings. The molecule has 4 rings (SSSR count). The lowest BCUT2D eigenvalue weighted by Gasteiger charge is -2.36. The lowest BCUT2D eigenvalue weighted by atomic mass is 9.77. The van der Waals surface area contributed by atoms with E-state index in [1.807, 2.05) is 6.07 Å². The average molecular weight is 411 g/mol. The summed E-state index contributed by atoms with van der Waals surface area (Å²) in [6, 6.07) is 3.80. The number of thiophene rings is 1. The highest BCUT2D eigenvalue weighted by atomic mass is 35.5. The minimum absolute atomic E-state index is 0.0185. The zero-order chi connectivity index (χ0) is 19.0. The molecular formula is C19H27ClN4O2S. The Morgan fingerprint density at radius 3 is 2.44 bits per heavy atom. The van der Waals surface area contributed by atoms with Crippen molar-refractivity contribution >= 4 is 34.9 Å². The van der Waals surface area contributed by atoms with Gasteiger partial charge in [-0.15, -0.1) is 11.3 Å². The molecule has 0 bridgehead atoms. The Morgan fingerprint density at radius 2 is 1.81 bits per heavy atom. The number of piperazine rings is 1. The summed E-state index contributed by atoms with van der Waals surface area (Å²) in [6.45, 7) is 7.12. The Labute approximate surface area is 169 Å². The minimum atomic E-state index is -0.635. The summed E-state index contributed by atoms with van der Waals surface area (Å²) >= 11 is 7.64. The second kappa shape index (κ2) is 7.70. The Hall–Kier alpha value is -1.15. The van der Waals surface area contributed by atoms with E-state index < -0.39 is 5.54 Å². The van der Waals surface area contributed by atoms with Crippen LogP contribution in [0.4, 0.5) is 4.79 Å². The third-order valence-corrected chi connectivity index (χ3v) is 7.40. The van der Waals surface area contributed by atoms with E-state index in [1.54, 1.807) is 11.3 Å². The van der Waals surface area contributed by atoms with Crippen molar-refractivity contribution in [1.29, 1.82) is 0 Å². The Bertz CT molecular complexity index is 708. The molecule has 1 spiro atoms. The van der Waals surface area contributed by atoms with Crippen LogP contribution in [0.3, 0.4) is 0 Å². The molecule has 3 amide bonds. The van der Waals surface area contributed by atoms with Crippen molar-refractivity contribution in [2.45, 2.75) is 44.7 Å². The molecule has 1 aliphatic carbocycles. The van der Waals surface area contributed by atoms with E-state index in [2.05, 4.69) is 28.1 Å². The van der Waals surface area contributed by atoms with Crippen LogP contribution < -0.4 is 5.32 Å². The molecule has 1 aromatic rings. The Morgan fingerprint density at radius 1 is 1.15 bits per heavy atom. The second-order valence-corrected chi connectivity index (χ2v) is 9.97. The number of halogens is 1. The van der Waals surface area contributed by atoms with Crippen molar-refractivity contribution in [3.05, 3.63) is 21.3 Å². The van der Waals surface area contributed by atoms with Crippen LogP contribution in [-0.4, -0.2) is 65.0 Å². The number of imide groups is 1. The van der Waals surface area contributed by atoms with Gasteiger partial charge in [-0.3, -0.25) is 14.6 Å². The lowest BCUT2D eigenvalue weighted by molar-refractivity contribution is -0.134. The summed E-state index contributed by atoms with van der Waals surface area (Å²) in [5, 5.41) is 3.01. The number of amides is 3. The first-order valence-electron chi connectivity index (χ1n) is 9.78. The van der Waals surface area contributed by atoms with Crippen LogP contribution in [0.1, 0.15) is 37.5 Å². The number of rotatable bonds is 4. The molecule has 1 saturated carbocycles. The van der Waals surface area contributed by atoms with Gasteiger partial charge in [0.15, 0.2) is 0 Å². The SMILES string of the molecule is CC1CCC2(CC1)NC(=O)N(CN1CCN(Cc3ccc(Cl)s3)CC1)C2=O. The standard InChI is InChI=1S/C19H27ClN4O2S/c1-14-4-6-19(7-5-14)17(25)24(18(26)21-19)13-23-10-8-22(9-11-23)12-15-2-3-16(20)27-15/h2-3,14H,4-13H2,1H3,(H,21,26). The molecule has 2 saturated heterocycles. The van der Waals surface area contributed by atoms with Crippen molar-refractivity contribution in [1.82, 2.24) is 20.0 Å². The molecule has 3 aliphatic rings. The maximum Gasteiger partial charge on any atom is 0.326 e. The summed E-state index contributed by atoms with van der Waals surface area (Å²) < 4.78 is 0.827. The van der Waals surface area contributed by atoms with Crippen LogP contribution in [0.25, 0.3) is 0 Å². The van der Waals surface area contributed by atoms with E-state index in [9.17, 15) is 9.59 Å². The topological polar surface area (TPSA) is 55.9 Å².